The number of aldehydes is 1. The van der Waals surface area contributed by atoms with Crippen LogP contribution in [0.3, 0.4) is 0 Å². The number of carbonyl (C=O) groups is 2. The quantitative estimate of drug-likeness (QED) is 0.406. The van der Waals surface area contributed by atoms with Gasteiger partial charge < -0.3 is 4.79 Å². The average Bonchev–Trinajstić information content (AvgIpc) is 2.92. The largest absolute Gasteiger partial charge is 0.301 e. The number of hydrogen-bond acceptors (Lipinski definition) is 2. The molecule has 3 heteroatoms. The molecule has 0 radical (unpaired) electrons. The summed E-state index contributed by atoms with van der Waals surface area (Å²) in [7, 11) is 0. The summed E-state index contributed by atoms with van der Waals surface area (Å²) in [6.45, 7) is 4.74. The molecule has 0 aromatic rings. The van der Waals surface area contributed by atoms with Crippen molar-refractivity contribution in [1.82, 2.24) is 0 Å². The Labute approximate surface area is 149 Å². The molecule has 2 nitrogen and oxygen atoms in total. The molecule has 0 aliphatic heterocycles. The third kappa shape index (κ3) is 2.14. The van der Waals surface area contributed by atoms with E-state index in [1.807, 2.05) is 6.08 Å². The van der Waals surface area contributed by atoms with Crippen LogP contribution in [0.5, 0.6) is 0 Å². The molecule has 0 saturated heterocycles. The summed E-state index contributed by atoms with van der Waals surface area (Å²) in [5.41, 5.74) is 2.90. The average molecular weight is 347 g/mol. The Morgan fingerprint density at radius 3 is 2.71 bits per heavy atom. The first-order valence-corrected chi connectivity index (χ1v) is 9.87. The van der Waals surface area contributed by atoms with Crippen LogP contribution in [-0.4, -0.2) is 17.4 Å². The minimum atomic E-state index is -0.460. The summed E-state index contributed by atoms with van der Waals surface area (Å²) < 4.78 is 0. The molecule has 130 valence electrons. The molecule has 0 spiro atoms. The summed E-state index contributed by atoms with van der Waals surface area (Å²) in [6.07, 6.45) is 12.5. The Kier molecular flexibility index (Phi) is 3.84. The number of rotatable bonds is 2. The van der Waals surface area contributed by atoms with Crippen molar-refractivity contribution in [2.75, 3.05) is 0 Å². The number of fused-ring (bicyclic) bond motifs is 5. The van der Waals surface area contributed by atoms with Crippen molar-refractivity contribution >= 4 is 23.7 Å². The zero-order valence-corrected chi connectivity index (χ0v) is 15.4. The lowest BCUT2D eigenvalue weighted by Gasteiger charge is -2.58. The second-order valence-corrected chi connectivity index (χ2v) is 9.33. The highest BCUT2D eigenvalue weighted by molar-refractivity contribution is 6.29. The van der Waals surface area contributed by atoms with Crippen molar-refractivity contribution in [3.05, 3.63) is 23.3 Å². The minimum Gasteiger partial charge on any atom is -0.301 e. The van der Waals surface area contributed by atoms with E-state index in [9.17, 15) is 9.59 Å². The van der Waals surface area contributed by atoms with E-state index >= 15 is 0 Å². The van der Waals surface area contributed by atoms with Crippen molar-refractivity contribution in [2.24, 2.45) is 28.6 Å². The molecule has 0 heterocycles. The van der Waals surface area contributed by atoms with Gasteiger partial charge in [-0.15, -0.1) is 11.6 Å². The number of halogens is 1. The van der Waals surface area contributed by atoms with Gasteiger partial charge in [0.25, 0.3) is 0 Å². The lowest BCUT2D eigenvalue weighted by atomic mass is 9.47. The predicted octanol–water partition coefficient (Wildman–Crippen LogP) is 4.86. The van der Waals surface area contributed by atoms with Gasteiger partial charge in [0.15, 0.2) is 5.78 Å². The first-order valence-electron chi connectivity index (χ1n) is 9.44. The molecule has 0 N–H and O–H groups in total. The van der Waals surface area contributed by atoms with Crippen LogP contribution >= 0.6 is 11.6 Å². The molecule has 0 amide bonds. The molecule has 0 bridgehead atoms. The van der Waals surface area contributed by atoms with Crippen LogP contribution in [0, 0.1) is 28.6 Å². The first-order chi connectivity index (χ1) is 11.4. The van der Waals surface area contributed by atoms with Gasteiger partial charge in [-0.3, -0.25) is 4.79 Å². The van der Waals surface area contributed by atoms with Gasteiger partial charge in [-0.2, -0.15) is 0 Å². The molecule has 4 rings (SSSR count). The third-order valence-electron chi connectivity index (χ3n) is 8.02. The number of ketones is 1. The van der Waals surface area contributed by atoms with Gasteiger partial charge in [-0.05, 0) is 78.8 Å². The molecule has 24 heavy (non-hydrogen) atoms. The third-order valence-corrected chi connectivity index (χ3v) is 8.36. The van der Waals surface area contributed by atoms with Crippen LogP contribution in [-0.2, 0) is 9.59 Å². The van der Waals surface area contributed by atoms with E-state index in [0.29, 0.717) is 30.0 Å². The Morgan fingerprint density at radius 2 is 1.96 bits per heavy atom. The highest BCUT2D eigenvalue weighted by Gasteiger charge is 2.57. The molecule has 4 aliphatic carbocycles. The Morgan fingerprint density at radius 1 is 1.17 bits per heavy atom. The van der Waals surface area contributed by atoms with E-state index in [-0.39, 0.29) is 10.8 Å². The molecular formula is C21H27ClO2. The predicted molar refractivity (Wildman–Crippen MR) is 95.9 cm³/mol. The number of hydrogen-bond donors (Lipinski definition) is 0. The van der Waals surface area contributed by atoms with Crippen LogP contribution in [0.4, 0.5) is 0 Å². The fraction of sp³-hybridized carbons (Fsp3) is 0.714. The second-order valence-electron chi connectivity index (χ2n) is 8.86. The van der Waals surface area contributed by atoms with Gasteiger partial charge in [0.1, 0.15) is 11.7 Å². The molecule has 1 unspecified atom stereocenters. The fourth-order valence-corrected chi connectivity index (χ4v) is 7.00. The van der Waals surface area contributed by atoms with E-state index in [0.717, 1.165) is 32.0 Å². The lowest BCUT2D eigenvalue weighted by molar-refractivity contribution is -0.117. The van der Waals surface area contributed by atoms with Crippen molar-refractivity contribution in [2.45, 2.75) is 64.2 Å². The van der Waals surface area contributed by atoms with Crippen molar-refractivity contribution in [1.29, 1.82) is 0 Å². The Bertz CT molecular complexity index is 648. The van der Waals surface area contributed by atoms with Gasteiger partial charge in [0.2, 0.25) is 0 Å². The van der Waals surface area contributed by atoms with Gasteiger partial charge in [0.05, 0.1) is 0 Å². The SMILES string of the molecule is C[C@]12CCC(=O)C=C1CC[C@@H]1[C@@H]2CC[C@]2(C)C(C(Cl)C=O)=CC[C@@H]12. The van der Waals surface area contributed by atoms with Gasteiger partial charge in [-0.25, -0.2) is 0 Å². The van der Waals surface area contributed by atoms with Crippen molar-refractivity contribution < 1.29 is 9.59 Å². The highest BCUT2D eigenvalue weighted by atomic mass is 35.5. The Hall–Kier alpha value is -0.890. The van der Waals surface area contributed by atoms with Crippen molar-refractivity contribution in [3.8, 4) is 0 Å². The summed E-state index contributed by atoms with van der Waals surface area (Å²) in [5, 5.41) is -0.460. The van der Waals surface area contributed by atoms with Crippen LogP contribution in [0.1, 0.15) is 58.8 Å². The van der Waals surface area contributed by atoms with Gasteiger partial charge in [-0.1, -0.05) is 25.5 Å². The van der Waals surface area contributed by atoms with Crippen LogP contribution in [0.25, 0.3) is 0 Å². The molecule has 0 aromatic heterocycles. The summed E-state index contributed by atoms with van der Waals surface area (Å²) in [4.78, 5) is 23.1. The topological polar surface area (TPSA) is 34.1 Å². The maximum absolute atomic E-state index is 11.9. The summed E-state index contributed by atoms with van der Waals surface area (Å²) in [6, 6.07) is 0. The molecule has 4 aliphatic rings. The lowest BCUT2D eigenvalue weighted by Crippen LogP contribution is -2.50. The highest BCUT2D eigenvalue weighted by Crippen LogP contribution is 2.65. The van der Waals surface area contributed by atoms with E-state index in [1.165, 1.54) is 24.0 Å². The van der Waals surface area contributed by atoms with E-state index < -0.39 is 5.38 Å². The molecule has 2 saturated carbocycles. The minimum absolute atomic E-state index is 0.0938. The van der Waals surface area contributed by atoms with E-state index in [4.69, 9.17) is 11.6 Å². The molecule has 6 atom stereocenters. The zero-order chi connectivity index (χ0) is 17.1. The normalized spacial score (nSPS) is 45.5. The maximum atomic E-state index is 11.9. The van der Waals surface area contributed by atoms with Crippen LogP contribution < -0.4 is 0 Å². The zero-order valence-electron chi connectivity index (χ0n) is 14.7. The maximum Gasteiger partial charge on any atom is 0.155 e. The number of alkyl halides is 1. The standard InChI is InChI=1S/C21H27ClO2/c1-20-9-7-14(24)11-13(20)3-4-15-16-5-6-18(19(22)12-23)21(16,2)10-8-17(15)20/h6,11-12,15-17,19H,3-5,7-10H2,1-2H3/t15-,16-,17-,19?,20-,21-/m0/s1. The monoisotopic (exact) mass is 346 g/mol. The fourth-order valence-electron chi connectivity index (χ4n) is 6.66. The Balaban J connectivity index is 1.65. The summed E-state index contributed by atoms with van der Waals surface area (Å²) in [5.74, 6) is 2.32. The molecule has 0 aromatic carbocycles. The van der Waals surface area contributed by atoms with Crippen LogP contribution in [0.15, 0.2) is 23.3 Å². The van der Waals surface area contributed by atoms with Gasteiger partial charge >= 0.3 is 0 Å². The molecule has 2 fully saturated rings. The second kappa shape index (κ2) is 5.56. The van der Waals surface area contributed by atoms with Gasteiger partial charge in [0, 0.05) is 6.42 Å². The number of carbonyl (C=O) groups excluding carboxylic acids is 2. The van der Waals surface area contributed by atoms with E-state index in [2.05, 4.69) is 19.9 Å². The van der Waals surface area contributed by atoms with E-state index in [1.54, 1.807) is 0 Å². The number of allylic oxidation sites excluding steroid dienone is 4. The van der Waals surface area contributed by atoms with Crippen molar-refractivity contribution in [3.63, 3.8) is 0 Å². The summed E-state index contributed by atoms with van der Waals surface area (Å²) >= 11 is 6.33. The smallest absolute Gasteiger partial charge is 0.155 e. The van der Waals surface area contributed by atoms with Crippen LogP contribution in [0.2, 0.25) is 0 Å². The molecular weight excluding hydrogens is 320 g/mol. The first kappa shape index (κ1) is 16.6.